The van der Waals surface area contributed by atoms with Crippen molar-refractivity contribution in [1.82, 2.24) is 9.36 Å². The molecule has 0 aliphatic carbocycles. The second-order valence-corrected chi connectivity index (χ2v) is 10.7. The molecule has 9 nitrogen and oxygen atoms in total. The number of nitrogens with zero attached hydrogens (tertiary/aromatic N) is 3. The number of benzene rings is 3. The largest absolute Gasteiger partial charge is 0.462 e. The number of ether oxygens (including phenoxy) is 1. The number of thioether (sulfide) groups is 1. The third-order valence-corrected chi connectivity index (χ3v) is 7.99. The standard InChI is InChI=1S/C32H30N4O5S/c1-4-5-20-41-32(40)22-16-18-23(19-17-22)35-29(37)27(28(31(35)39)42-25-14-10-7-11-15-25)33-26-21(2)34(3)36(30(26)38)24-12-8-6-9-13-24/h6-19,33H,4-5,20H2,1-3H3. The van der Waals surface area contributed by atoms with Crippen LogP contribution in [-0.2, 0) is 21.4 Å². The summed E-state index contributed by atoms with van der Waals surface area (Å²) in [7, 11) is 1.76. The molecule has 3 aromatic carbocycles. The fraction of sp³-hybridized carbons (Fsp3) is 0.188. The number of amides is 2. The van der Waals surface area contributed by atoms with Crippen molar-refractivity contribution in [2.45, 2.75) is 31.6 Å². The molecule has 10 heteroatoms. The van der Waals surface area contributed by atoms with E-state index in [9.17, 15) is 19.2 Å². The topological polar surface area (TPSA) is 103 Å². The SMILES string of the molecule is CCCCOC(=O)c1ccc(N2C(=O)C(Nc3c(C)n(C)n(-c4ccccc4)c3=O)=C(Sc3ccccc3)C2=O)cc1. The third-order valence-electron chi connectivity index (χ3n) is 6.90. The third kappa shape index (κ3) is 5.53. The number of aromatic nitrogens is 2. The summed E-state index contributed by atoms with van der Waals surface area (Å²) in [6.45, 7) is 4.10. The van der Waals surface area contributed by atoms with Gasteiger partial charge in [0.25, 0.3) is 17.4 Å². The summed E-state index contributed by atoms with van der Waals surface area (Å²) >= 11 is 1.14. The fourth-order valence-corrected chi connectivity index (χ4v) is 5.48. The number of carbonyl (C=O) groups is 3. The van der Waals surface area contributed by atoms with Crippen LogP contribution < -0.4 is 15.8 Å². The van der Waals surface area contributed by atoms with Crippen LogP contribution in [0.4, 0.5) is 11.4 Å². The lowest BCUT2D eigenvalue weighted by molar-refractivity contribution is -0.120. The molecule has 0 fully saturated rings. The predicted molar refractivity (Wildman–Crippen MR) is 163 cm³/mol. The molecule has 214 valence electrons. The van der Waals surface area contributed by atoms with Crippen LogP contribution in [0.25, 0.3) is 5.69 Å². The summed E-state index contributed by atoms with van der Waals surface area (Å²) in [5.74, 6) is -1.61. The molecule has 0 radical (unpaired) electrons. The molecule has 2 heterocycles. The van der Waals surface area contributed by atoms with Gasteiger partial charge in [-0.1, -0.05) is 61.5 Å². The maximum absolute atomic E-state index is 13.9. The number of rotatable bonds is 10. The molecule has 2 amide bonds. The van der Waals surface area contributed by atoms with E-state index in [1.807, 2.05) is 67.6 Å². The van der Waals surface area contributed by atoms with Crippen molar-refractivity contribution in [1.29, 1.82) is 0 Å². The van der Waals surface area contributed by atoms with E-state index in [1.165, 1.54) is 28.9 Å². The highest BCUT2D eigenvalue weighted by Crippen LogP contribution is 2.38. The second-order valence-electron chi connectivity index (χ2n) is 9.66. The fourth-order valence-electron chi connectivity index (χ4n) is 4.53. The lowest BCUT2D eigenvalue weighted by atomic mass is 10.2. The number of anilines is 2. The van der Waals surface area contributed by atoms with Gasteiger partial charge in [-0.05, 0) is 61.9 Å². The highest BCUT2D eigenvalue weighted by Gasteiger charge is 2.41. The Labute approximate surface area is 247 Å². The molecule has 1 aliphatic rings. The molecule has 42 heavy (non-hydrogen) atoms. The number of nitrogens with one attached hydrogen (secondary N) is 1. The summed E-state index contributed by atoms with van der Waals surface area (Å²) < 4.78 is 8.46. The van der Waals surface area contributed by atoms with Gasteiger partial charge in [0.1, 0.15) is 16.3 Å². The number of unbranched alkanes of at least 4 members (excludes halogenated alkanes) is 1. The minimum absolute atomic E-state index is 0.00270. The average molecular weight is 583 g/mol. The maximum atomic E-state index is 13.9. The Kier molecular flexibility index (Phi) is 8.44. The van der Waals surface area contributed by atoms with Crippen molar-refractivity contribution < 1.29 is 19.1 Å². The minimum atomic E-state index is -0.606. The first kappa shape index (κ1) is 28.7. The first-order chi connectivity index (χ1) is 20.3. The summed E-state index contributed by atoms with van der Waals surface area (Å²) in [6, 6.07) is 24.5. The van der Waals surface area contributed by atoms with Crippen molar-refractivity contribution in [3.63, 3.8) is 0 Å². The van der Waals surface area contributed by atoms with E-state index in [-0.39, 0.29) is 21.8 Å². The van der Waals surface area contributed by atoms with Crippen molar-refractivity contribution in [3.05, 3.63) is 117 Å². The molecule has 4 aromatic rings. The van der Waals surface area contributed by atoms with Crippen LogP contribution in [0, 0.1) is 6.92 Å². The van der Waals surface area contributed by atoms with Crippen molar-refractivity contribution in [2.75, 3.05) is 16.8 Å². The molecule has 0 atom stereocenters. The summed E-state index contributed by atoms with van der Waals surface area (Å²) in [5, 5.41) is 3.04. The minimum Gasteiger partial charge on any atom is -0.462 e. The molecule has 0 saturated carbocycles. The summed E-state index contributed by atoms with van der Waals surface area (Å²) in [6.07, 6.45) is 1.67. The Bertz CT molecular complexity index is 1720. The first-order valence-electron chi connectivity index (χ1n) is 13.6. The Morgan fingerprint density at radius 3 is 2.14 bits per heavy atom. The lowest BCUT2D eigenvalue weighted by Crippen LogP contribution is -2.32. The summed E-state index contributed by atoms with van der Waals surface area (Å²) in [4.78, 5) is 55.6. The average Bonchev–Trinajstić information content (AvgIpc) is 3.36. The van der Waals surface area contributed by atoms with Gasteiger partial charge in [0.15, 0.2) is 0 Å². The Morgan fingerprint density at radius 2 is 1.50 bits per heavy atom. The second kappa shape index (κ2) is 12.4. The highest BCUT2D eigenvalue weighted by molar-refractivity contribution is 8.04. The lowest BCUT2D eigenvalue weighted by Gasteiger charge is -2.15. The van der Waals surface area contributed by atoms with Crippen LogP contribution in [0.3, 0.4) is 0 Å². The van der Waals surface area contributed by atoms with E-state index >= 15 is 0 Å². The molecule has 0 spiro atoms. The smallest absolute Gasteiger partial charge is 0.338 e. The molecular weight excluding hydrogens is 552 g/mol. The van der Waals surface area contributed by atoms with Crippen molar-refractivity contribution >= 4 is 40.9 Å². The molecule has 0 unspecified atom stereocenters. The number of hydrogen-bond acceptors (Lipinski definition) is 7. The molecular formula is C32H30N4O5S. The molecule has 1 aliphatic heterocycles. The van der Waals surface area contributed by atoms with Crippen LogP contribution in [0.2, 0.25) is 0 Å². The van der Waals surface area contributed by atoms with E-state index in [1.54, 1.807) is 18.7 Å². The number of hydrogen-bond donors (Lipinski definition) is 1. The van der Waals surface area contributed by atoms with Crippen LogP contribution in [0.15, 0.2) is 105 Å². The molecule has 5 rings (SSSR count). The number of imide groups is 1. The van der Waals surface area contributed by atoms with Gasteiger partial charge < -0.3 is 10.1 Å². The molecule has 1 N–H and O–H groups in total. The molecule has 1 aromatic heterocycles. The van der Waals surface area contributed by atoms with E-state index < -0.39 is 17.8 Å². The van der Waals surface area contributed by atoms with Crippen molar-refractivity contribution in [3.8, 4) is 5.69 Å². The number of para-hydroxylation sites is 1. The van der Waals surface area contributed by atoms with Gasteiger partial charge in [-0.3, -0.25) is 19.1 Å². The van der Waals surface area contributed by atoms with Gasteiger partial charge in [0.05, 0.1) is 29.2 Å². The Hall–Kier alpha value is -4.83. The zero-order valence-electron chi connectivity index (χ0n) is 23.5. The Morgan fingerprint density at radius 1 is 0.857 bits per heavy atom. The van der Waals surface area contributed by atoms with Gasteiger partial charge in [-0.15, -0.1) is 0 Å². The van der Waals surface area contributed by atoms with Crippen LogP contribution in [0.1, 0.15) is 35.8 Å². The van der Waals surface area contributed by atoms with Gasteiger partial charge in [-0.25, -0.2) is 14.4 Å². The predicted octanol–water partition coefficient (Wildman–Crippen LogP) is 5.43. The quantitative estimate of drug-likeness (QED) is 0.151. The normalized spacial score (nSPS) is 13.2. The maximum Gasteiger partial charge on any atom is 0.338 e. The van der Waals surface area contributed by atoms with E-state index in [0.717, 1.165) is 34.4 Å². The molecule has 0 saturated heterocycles. The molecule has 0 bridgehead atoms. The van der Waals surface area contributed by atoms with E-state index in [0.29, 0.717) is 29.2 Å². The van der Waals surface area contributed by atoms with Crippen LogP contribution >= 0.6 is 11.8 Å². The van der Waals surface area contributed by atoms with Gasteiger partial charge >= 0.3 is 5.97 Å². The van der Waals surface area contributed by atoms with Crippen molar-refractivity contribution in [2.24, 2.45) is 7.05 Å². The van der Waals surface area contributed by atoms with Gasteiger partial charge in [0.2, 0.25) is 0 Å². The first-order valence-corrected chi connectivity index (χ1v) is 14.4. The number of esters is 1. The number of carbonyl (C=O) groups excluding carboxylic acids is 3. The Balaban J connectivity index is 1.51. The summed E-state index contributed by atoms with van der Waals surface area (Å²) in [5.41, 5.74) is 1.70. The van der Waals surface area contributed by atoms with Gasteiger partial charge in [0, 0.05) is 11.9 Å². The van der Waals surface area contributed by atoms with E-state index in [4.69, 9.17) is 4.74 Å². The van der Waals surface area contributed by atoms with E-state index in [2.05, 4.69) is 5.32 Å². The highest BCUT2D eigenvalue weighted by atomic mass is 32.2. The monoisotopic (exact) mass is 582 g/mol. The van der Waals surface area contributed by atoms with Crippen LogP contribution in [0.5, 0.6) is 0 Å². The zero-order valence-corrected chi connectivity index (χ0v) is 24.3. The zero-order chi connectivity index (χ0) is 29.8. The van der Waals surface area contributed by atoms with Crippen LogP contribution in [-0.4, -0.2) is 33.8 Å². The van der Waals surface area contributed by atoms with Gasteiger partial charge in [-0.2, -0.15) is 0 Å².